The smallest absolute Gasteiger partial charge is 0.260 e. The molecule has 128 valence electrons. The van der Waals surface area contributed by atoms with E-state index in [2.05, 4.69) is 5.32 Å². The Morgan fingerprint density at radius 2 is 2.04 bits per heavy atom. The van der Waals surface area contributed by atoms with E-state index in [1.54, 1.807) is 19.2 Å². The third-order valence-electron chi connectivity index (χ3n) is 2.90. The summed E-state index contributed by atoms with van der Waals surface area (Å²) in [6.07, 6.45) is 0.720. The van der Waals surface area contributed by atoms with Crippen molar-refractivity contribution in [3.8, 4) is 5.75 Å². The molecule has 0 atom stereocenters. The molecule has 2 amide bonds. The molecule has 0 radical (unpaired) electrons. The molecule has 0 unspecified atom stereocenters. The molecule has 23 heavy (non-hydrogen) atoms. The number of hydrogen-bond acceptors (Lipinski definition) is 4. The van der Waals surface area contributed by atoms with Crippen molar-refractivity contribution >= 4 is 35.0 Å². The molecule has 0 aliphatic rings. The van der Waals surface area contributed by atoms with E-state index in [1.807, 2.05) is 0 Å². The number of ether oxygens (including phenoxy) is 2. The first-order valence-corrected chi connectivity index (χ1v) is 7.77. The van der Waals surface area contributed by atoms with E-state index in [-0.39, 0.29) is 25.0 Å². The van der Waals surface area contributed by atoms with Crippen molar-refractivity contribution in [1.82, 2.24) is 10.2 Å². The van der Waals surface area contributed by atoms with Crippen LogP contribution in [0.5, 0.6) is 5.75 Å². The van der Waals surface area contributed by atoms with E-state index in [1.165, 1.54) is 18.0 Å². The van der Waals surface area contributed by atoms with Crippen molar-refractivity contribution in [1.29, 1.82) is 0 Å². The van der Waals surface area contributed by atoms with Crippen molar-refractivity contribution < 1.29 is 19.1 Å². The van der Waals surface area contributed by atoms with E-state index in [4.69, 9.17) is 32.7 Å². The predicted molar refractivity (Wildman–Crippen MR) is 89.1 cm³/mol. The van der Waals surface area contributed by atoms with Crippen LogP contribution in [0.15, 0.2) is 18.2 Å². The summed E-state index contributed by atoms with van der Waals surface area (Å²) in [5.41, 5.74) is 0. The Bertz CT molecular complexity index is 540. The van der Waals surface area contributed by atoms with Gasteiger partial charge in [0.1, 0.15) is 5.75 Å². The van der Waals surface area contributed by atoms with Gasteiger partial charge >= 0.3 is 0 Å². The molecule has 1 rings (SSSR count). The van der Waals surface area contributed by atoms with Gasteiger partial charge in [0.15, 0.2) is 6.61 Å². The van der Waals surface area contributed by atoms with Gasteiger partial charge in [0.05, 0.1) is 11.6 Å². The lowest BCUT2D eigenvalue weighted by atomic mass is 10.3. The van der Waals surface area contributed by atoms with Crippen molar-refractivity contribution in [2.75, 3.05) is 40.5 Å². The maximum absolute atomic E-state index is 11.9. The normalized spacial score (nSPS) is 10.3. The number of halogens is 2. The van der Waals surface area contributed by atoms with Gasteiger partial charge in [0.2, 0.25) is 5.91 Å². The fourth-order valence-corrected chi connectivity index (χ4v) is 2.11. The molecule has 1 aromatic carbocycles. The van der Waals surface area contributed by atoms with Gasteiger partial charge in [-0.25, -0.2) is 0 Å². The zero-order valence-corrected chi connectivity index (χ0v) is 14.6. The molecule has 1 N–H and O–H groups in total. The quantitative estimate of drug-likeness (QED) is 0.682. The molecule has 0 spiro atoms. The average molecular weight is 363 g/mol. The molecule has 0 aromatic heterocycles. The fraction of sp³-hybridized carbons (Fsp3) is 0.467. The molecule has 0 aliphatic heterocycles. The Labute approximate surface area is 145 Å². The minimum absolute atomic E-state index is 0.0382. The van der Waals surface area contributed by atoms with Gasteiger partial charge in [0.25, 0.3) is 5.91 Å². The summed E-state index contributed by atoms with van der Waals surface area (Å²) in [6.45, 7) is 0.828. The highest BCUT2D eigenvalue weighted by Gasteiger charge is 2.14. The molecule has 0 bridgehead atoms. The van der Waals surface area contributed by atoms with E-state index in [9.17, 15) is 9.59 Å². The molecule has 0 saturated carbocycles. The third kappa shape index (κ3) is 7.54. The monoisotopic (exact) mass is 362 g/mol. The van der Waals surface area contributed by atoms with E-state index in [0.29, 0.717) is 28.9 Å². The van der Waals surface area contributed by atoms with Crippen LogP contribution < -0.4 is 10.1 Å². The number of rotatable bonds is 9. The van der Waals surface area contributed by atoms with Crippen LogP contribution in [-0.2, 0) is 14.3 Å². The lowest BCUT2D eigenvalue weighted by Gasteiger charge is -2.17. The standard InChI is InChI=1S/C15H20Cl2N2O4/c1-19(9-14(20)18-6-3-7-22-2)15(21)10-23-13-5-4-11(16)8-12(13)17/h4-5,8H,3,6-7,9-10H2,1-2H3,(H,18,20). The van der Waals surface area contributed by atoms with Gasteiger partial charge in [-0.15, -0.1) is 0 Å². The lowest BCUT2D eigenvalue weighted by Crippen LogP contribution is -2.40. The van der Waals surface area contributed by atoms with Crippen LogP contribution in [0, 0.1) is 0 Å². The molecule has 0 fully saturated rings. The first-order chi connectivity index (χ1) is 10.9. The molecule has 0 aliphatic carbocycles. The minimum atomic E-state index is -0.331. The van der Waals surface area contributed by atoms with Gasteiger partial charge in [-0.2, -0.15) is 0 Å². The van der Waals surface area contributed by atoms with Crippen LogP contribution in [0.3, 0.4) is 0 Å². The number of amides is 2. The number of likely N-dealkylation sites (N-methyl/N-ethyl adjacent to an activating group) is 1. The minimum Gasteiger partial charge on any atom is -0.482 e. The largest absolute Gasteiger partial charge is 0.482 e. The van der Waals surface area contributed by atoms with Crippen molar-refractivity contribution in [2.24, 2.45) is 0 Å². The Balaban J connectivity index is 2.34. The van der Waals surface area contributed by atoms with Crippen molar-refractivity contribution in [3.63, 3.8) is 0 Å². The number of carbonyl (C=O) groups is 2. The van der Waals surface area contributed by atoms with Gasteiger partial charge in [0, 0.05) is 32.3 Å². The van der Waals surface area contributed by atoms with Gasteiger partial charge in [-0.05, 0) is 24.6 Å². The second kappa shape index (κ2) is 10.3. The third-order valence-corrected chi connectivity index (χ3v) is 3.43. The van der Waals surface area contributed by atoms with Crippen LogP contribution >= 0.6 is 23.2 Å². The lowest BCUT2D eigenvalue weighted by molar-refractivity contribution is -0.136. The summed E-state index contributed by atoms with van der Waals surface area (Å²) >= 11 is 11.7. The molecule has 1 aromatic rings. The zero-order valence-electron chi connectivity index (χ0n) is 13.1. The average Bonchev–Trinajstić information content (AvgIpc) is 2.50. The Morgan fingerprint density at radius 3 is 2.70 bits per heavy atom. The predicted octanol–water partition coefficient (Wildman–Crippen LogP) is 1.98. The first-order valence-electron chi connectivity index (χ1n) is 7.01. The topological polar surface area (TPSA) is 67.9 Å². The highest BCUT2D eigenvalue weighted by Crippen LogP contribution is 2.27. The van der Waals surface area contributed by atoms with E-state index >= 15 is 0 Å². The number of hydrogen-bond donors (Lipinski definition) is 1. The summed E-state index contributed by atoms with van der Waals surface area (Å²) in [7, 11) is 3.13. The van der Waals surface area contributed by atoms with Crippen molar-refractivity contribution in [3.05, 3.63) is 28.2 Å². The van der Waals surface area contributed by atoms with Crippen LogP contribution in [0.1, 0.15) is 6.42 Å². The summed E-state index contributed by atoms with van der Waals surface area (Å²) in [5.74, 6) is -0.202. The maximum atomic E-state index is 11.9. The Morgan fingerprint density at radius 1 is 1.30 bits per heavy atom. The van der Waals surface area contributed by atoms with Gasteiger partial charge in [-0.3, -0.25) is 9.59 Å². The molecule has 0 heterocycles. The van der Waals surface area contributed by atoms with Crippen LogP contribution in [0.4, 0.5) is 0 Å². The second-order valence-corrected chi connectivity index (χ2v) is 5.65. The van der Waals surface area contributed by atoms with Crippen LogP contribution in [0.25, 0.3) is 0 Å². The van der Waals surface area contributed by atoms with Crippen LogP contribution in [-0.4, -0.2) is 57.2 Å². The zero-order chi connectivity index (χ0) is 17.2. The first kappa shape index (κ1) is 19.5. The van der Waals surface area contributed by atoms with Crippen molar-refractivity contribution in [2.45, 2.75) is 6.42 Å². The number of carbonyl (C=O) groups excluding carboxylic acids is 2. The SMILES string of the molecule is COCCCNC(=O)CN(C)C(=O)COc1ccc(Cl)cc1Cl. The summed E-state index contributed by atoms with van der Waals surface area (Å²) in [6, 6.07) is 4.73. The molecule has 6 nitrogen and oxygen atoms in total. The molecular formula is C15H20Cl2N2O4. The molecule has 0 saturated heterocycles. The summed E-state index contributed by atoms with van der Waals surface area (Å²) < 4.78 is 10.2. The highest BCUT2D eigenvalue weighted by atomic mass is 35.5. The number of methoxy groups -OCH3 is 1. The molecule has 8 heteroatoms. The number of nitrogens with zero attached hydrogens (tertiary/aromatic N) is 1. The van der Waals surface area contributed by atoms with Gasteiger partial charge in [-0.1, -0.05) is 23.2 Å². The second-order valence-electron chi connectivity index (χ2n) is 4.81. The van der Waals surface area contributed by atoms with Crippen LogP contribution in [0.2, 0.25) is 10.0 Å². The maximum Gasteiger partial charge on any atom is 0.260 e. The summed E-state index contributed by atoms with van der Waals surface area (Å²) in [4.78, 5) is 24.9. The summed E-state index contributed by atoms with van der Waals surface area (Å²) in [5, 5.41) is 3.51. The Kier molecular flexibility index (Phi) is 8.76. The van der Waals surface area contributed by atoms with E-state index in [0.717, 1.165) is 6.42 Å². The number of benzene rings is 1. The fourth-order valence-electron chi connectivity index (χ4n) is 1.65. The Hall–Kier alpha value is -1.50. The highest BCUT2D eigenvalue weighted by molar-refractivity contribution is 6.35. The number of nitrogens with one attached hydrogen (secondary N) is 1. The van der Waals surface area contributed by atoms with Gasteiger partial charge < -0.3 is 19.7 Å². The van der Waals surface area contributed by atoms with E-state index < -0.39 is 0 Å². The molecular weight excluding hydrogens is 343 g/mol.